The first kappa shape index (κ1) is 23.8. The number of aliphatic hydroxyl groups is 1. The highest BCUT2D eigenvalue weighted by molar-refractivity contribution is 5.44. The molecule has 0 spiro atoms. The number of para-hydroxylation sites is 1. The van der Waals surface area contributed by atoms with Gasteiger partial charge in [-0.15, -0.1) is 0 Å². The van der Waals surface area contributed by atoms with Crippen LogP contribution in [0.1, 0.15) is 39.0 Å². The number of rotatable bonds is 11. The Morgan fingerprint density at radius 2 is 1.62 bits per heavy atom. The summed E-state index contributed by atoms with van der Waals surface area (Å²) in [7, 11) is 1.65. The van der Waals surface area contributed by atoms with E-state index in [-0.39, 0.29) is 0 Å². The minimum Gasteiger partial charge on any atom is -0.497 e. The van der Waals surface area contributed by atoms with Crippen molar-refractivity contribution in [2.24, 2.45) is 5.92 Å². The van der Waals surface area contributed by atoms with E-state index >= 15 is 0 Å². The Hall–Kier alpha value is -2.83. The summed E-state index contributed by atoms with van der Waals surface area (Å²) in [5.74, 6) is 2.69. The van der Waals surface area contributed by atoms with Crippen LogP contribution in [0.2, 0.25) is 0 Å². The molecule has 1 unspecified atom stereocenters. The van der Waals surface area contributed by atoms with E-state index in [9.17, 15) is 5.11 Å². The lowest BCUT2D eigenvalue weighted by Crippen LogP contribution is -2.33. The van der Waals surface area contributed by atoms with Gasteiger partial charge >= 0.3 is 0 Å². The summed E-state index contributed by atoms with van der Waals surface area (Å²) in [4.78, 5) is 2.28. The largest absolute Gasteiger partial charge is 0.497 e. The van der Waals surface area contributed by atoms with Crippen LogP contribution in [0.25, 0.3) is 5.69 Å². The van der Waals surface area contributed by atoms with Crippen LogP contribution in [-0.2, 0) is 13.0 Å². The second-order valence-corrected chi connectivity index (χ2v) is 8.55. The summed E-state index contributed by atoms with van der Waals surface area (Å²) in [5, 5.41) is 15.0. The minimum atomic E-state index is -0.408. The standard InChI is InChI=1S/C26H35N3O3/c1-6-25-24(18-28(16-19(2)3)17-20(4)30)26(29(27-25)21-10-8-7-9-11-21)32-23-14-12-22(31-5)13-15-23/h7-15,19-20,30H,6,16-18H2,1-5H3. The number of aliphatic hydroxyl groups excluding tert-OH is 1. The summed E-state index contributed by atoms with van der Waals surface area (Å²) < 4.78 is 13.6. The highest BCUT2D eigenvalue weighted by atomic mass is 16.5. The molecule has 1 N–H and O–H groups in total. The lowest BCUT2D eigenvalue weighted by molar-refractivity contribution is 0.114. The molecule has 0 saturated heterocycles. The summed E-state index contributed by atoms with van der Waals surface area (Å²) in [6.07, 6.45) is 0.382. The maximum absolute atomic E-state index is 10.1. The van der Waals surface area contributed by atoms with Crippen LogP contribution in [0, 0.1) is 5.92 Å². The van der Waals surface area contributed by atoms with E-state index in [2.05, 4.69) is 25.7 Å². The minimum absolute atomic E-state index is 0.408. The van der Waals surface area contributed by atoms with Gasteiger partial charge < -0.3 is 14.6 Å². The highest BCUT2D eigenvalue weighted by Crippen LogP contribution is 2.33. The molecule has 1 heterocycles. The first-order valence-corrected chi connectivity index (χ1v) is 11.3. The molecule has 1 aromatic heterocycles. The summed E-state index contributed by atoms with van der Waals surface area (Å²) in [5.41, 5.74) is 2.99. The Kier molecular flexibility index (Phi) is 8.31. The van der Waals surface area contributed by atoms with Crippen LogP contribution in [0.4, 0.5) is 0 Å². The van der Waals surface area contributed by atoms with Crippen LogP contribution < -0.4 is 9.47 Å². The van der Waals surface area contributed by atoms with Crippen LogP contribution in [0.5, 0.6) is 17.4 Å². The molecule has 0 aliphatic rings. The number of aromatic nitrogens is 2. The molecular formula is C26H35N3O3. The summed E-state index contributed by atoms with van der Waals surface area (Å²) >= 11 is 0. The van der Waals surface area contributed by atoms with Gasteiger partial charge in [-0.3, -0.25) is 4.90 Å². The molecule has 3 rings (SSSR count). The number of hydrogen-bond acceptors (Lipinski definition) is 5. The molecule has 0 radical (unpaired) electrons. The van der Waals surface area contributed by atoms with Crippen LogP contribution in [-0.4, -0.2) is 46.1 Å². The molecule has 3 aromatic rings. The van der Waals surface area contributed by atoms with Crippen molar-refractivity contribution in [3.05, 3.63) is 65.9 Å². The topological polar surface area (TPSA) is 59.8 Å². The fourth-order valence-electron chi connectivity index (χ4n) is 3.84. The average molecular weight is 438 g/mol. The normalized spacial score (nSPS) is 12.4. The predicted molar refractivity (Wildman–Crippen MR) is 128 cm³/mol. The maximum Gasteiger partial charge on any atom is 0.227 e. The van der Waals surface area contributed by atoms with Crippen molar-refractivity contribution < 1.29 is 14.6 Å². The lowest BCUT2D eigenvalue weighted by atomic mass is 10.1. The van der Waals surface area contributed by atoms with Gasteiger partial charge in [0.1, 0.15) is 11.5 Å². The van der Waals surface area contributed by atoms with E-state index in [0.29, 0.717) is 24.9 Å². The Labute approximate surface area is 191 Å². The molecule has 6 heteroatoms. The zero-order chi connectivity index (χ0) is 23.1. The van der Waals surface area contributed by atoms with Gasteiger partial charge in [0.2, 0.25) is 5.88 Å². The van der Waals surface area contributed by atoms with Crippen LogP contribution >= 0.6 is 0 Å². The highest BCUT2D eigenvalue weighted by Gasteiger charge is 2.23. The maximum atomic E-state index is 10.1. The van der Waals surface area contributed by atoms with E-state index in [1.165, 1.54) is 0 Å². The number of nitrogens with zero attached hydrogens (tertiary/aromatic N) is 3. The number of hydrogen-bond donors (Lipinski definition) is 1. The monoisotopic (exact) mass is 437 g/mol. The quantitative estimate of drug-likeness (QED) is 0.454. The van der Waals surface area contributed by atoms with Crippen molar-refractivity contribution in [2.45, 2.75) is 46.8 Å². The van der Waals surface area contributed by atoms with Crippen molar-refractivity contribution in [2.75, 3.05) is 20.2 Å². The van der Waals surface area contributed by atoms with Gasteiger partial charge in [-0.1, -0.05) is 39.0 Å². The van der Waals surface area contributed by atoms with E-state index in [1.54, 1.807) is 7.11 Å². The summed E-state index contributed by atoms with van der Waals surface area (Å²) in [6.45, 7) is 10.5. The number of ether oxygens (including phenoxy) is 2. The molecule has 0 aliphatic heterocycles. The van der Waals surface area contributed by atoms with Gasteiger partial charge in [0.25, 0.3) is 0 Å². The Balaban J connectivity index is 2.05. The second-order valence-electron chi connectivity index (χ2n) is 8.55. The van der Waals surface area contributed by atoms with Crippen molar-refractivity contribution in [3.8, 4) is 23.1 Å². The molecule has 6 nitrogen and oxygen atoms in total. The molecule has 0 saturated carbocycles. The third-order valence-electron chi connectivity index (χ3n) is 5.16. The van der Waals surface area contributed by atoms with Crippen molar-refractivity contribution in [3.63, 3.8) is 0 Å². The van der Waals surface area contributed by atoms with Crippen molar-refractivity contribution >= 4 is 0 Å². The summed E-state index contributed by atoms with van der Waals surface area (Å²) in [6, 6.07) is 17.6. The number of benzene rings is 2. The number of methoxy groups -OCH3 is 1. The Morgan fingerprint density at radius 1 is 0.969 bits per heavy atom. The molecule has 172 valence electrons. The fraction of sp³-hybridized carbons (Fsp3) is 0.423. The third-order valence-corrected chi connectivity index (χ3v) is 5.16. The fourth-order valence-corrected chi connectivity index (χ4v) is 3.84. The second kappa shape index (κ2) is 11.2. The van der Waals surface area contributed by atoms with Gasteiger partial charge in [-0.2, -0.15) is 5.10 Å². The molecule has 0 aliphatic carbocycles. The van der Waals surface area contributed by atoms with Crippen LogP contribution in [0.15, 0.2) is 54.6 Å². The third kappa shape index (κ3) is 6.11. The molecular weight excluding hydrogens is 402 g/mol. The average Bonchev–Trinajstić information content (AvgIpc) is 3.11. The van der Waals surface area contributed by atoms with E-state index in [1.807, 2.05) is 66.2 Å². The van der Waals surface area contributed by atoms with E-state index < -0.39 is 6.10 Å². The molecule has 32 heavy (non-hydrogen) atoms. The zero-order valence-electron chi connectivity index (χ0n) is 19.8. The van der Waals surface area contributed by atoms with Gasteiger partial charge in [0.05, 0.1) is 30.2 Å². The van der Waals surface area contributed by atoms with Gasteiger partial charge in [0.15, 0.2) is 0 Å². The van der Waals surface area contributed by atoms with Gasteiger partial charge in [0, 0.05) is 19.6 Å². The molecule has 1 atom stereocenters. The zero-order valence-corrected chi connectivity index (χ0v) is 19.8. The molecule has 0 fully saturated rings. The Bertz CT molecular complexity index is 956. The van der Waals surface area contributed by atoms with Crippen LogP contribution in [0.3, 0.4) is 0 Å². The van der Waals surface area contributed by atoms with Gasteiger partial charge in [-0.25, -0.2) is 4.68 Å². The smallest absolute Gasteiger partial charge is 0.227 e. The first-order chi connectivity index (χ1) is 15.4. The number of aryl methyl sites for hydroxylation is 1. The van der Waals surface area contributed by atoms with Crippen molar-refractivity contribution in [1.29, 1.82) is 0 Å². The predicted octanol–water partition coefficient (Wildman–Crippen LogP) is 5.07. The van der Waals surface area contributed by atoms with Crippen molar-refractivity contribution in [1.82, 2.24) is 14.7 Å². The van der Waals surface area contributed by atoms with Gasteiger partial charge in [-0.05, 0) is 55.7 Å². The lowest BCUT2D eigenvalue weighted by Gasteiger charge is -2.26. The molecule has 0 bridgehead atoms. The SMILES string of the molecule is CCc1nn(-c2ccccc2)c(Oc2ccc(OC)cc2)c1CN(CC(C)C)CC(C)O. The first-order valence-electron chi connectivity index (χ1n) is 11.3. The molecule has 2 aromatic carbocycles. The van der Waals surface area contributed by atoms with E-state index in [0.717, 1.165) is 41.4 Å². The molecule has 0 amide bonds. The van der Waals surface area contributed by atoms with E-state index in [4.69, 9.17) is 14.6 Å². The Morgan fingerprint density at radius 3 is 2.19 bits per heavy atom.